The Labute approximate surface area is 251 Å². The molecule has 0 aromatic heterocycles. The Kier molecular flexibility index (Phi) is 11.7. The molecular weight excluding hydrogens is 593 g/mol. The normalized spacial score (nSPS) is 12.0. The number of carbonyl (C=O) groups excluding carboxylic acids is 2. The van der Waals surface area contributed by atoms with Crippen molar-refractivity contribution in [1.82, 2.24) is 10.2 Å². The van der Waals surface area contributed by atoms with Gasteiger partial charge in [-0.25, -0.2) is 8.42 Å². The number of nitrogens with one attached hydrogen (secondary N) is 1. The minimum Gasteiger partial charge on any atom is -0.354 e. The third-order valence-electron chi connectivity index (χ3n) is 6.18. The number of amides is 2. The molecule has 0 spiro atoms. The molecule has 0 heterocycles. The summed E-state index contributed by atoms with van der Waals surface area (Å²) in [4.78, 5) is 29.0. The molecule has 0 aliphatic carbocycles. The Morgan fingerprint density at radius 1 is 0.875 bits per heavy atom. The fraction of sp³-hybridized carbons (Fsp3) is 0.310. The maximum atomic E-state index is 14.0. The molecule has 2 amide bonds. The summed E-state index contributed by atoms with van der Waals surface area (Å²) < 4.78 is 26.6. The molecule has 0 saturated heterocycles. The average Bonchev–Trinajstić information content (AvgIpc) is 2.89. The molecule has 1 N–H and O–H groups in total. The van der Waals surface area contributed by atoms with Crippen molar-refractivity contribution in [3.05, 3.63) is 99.0 Å². The van der Waals surface area contributed by atoms with Crippen molar-refractivity contribution in [2.24, 2.45) is 0 Å². The number of rotatable bonds is 13. The molecule has 1 atom stereocenters. The van der Waals surface area contributed by atoms with Crippen LogP contribution in [0.15, 0.2) is 72.8 Å². The molecule has 0 unspecified atom stereocenters. The van der Waals surface area contributed by atoms with Crippen molar-refractivity contribution in [3.63, 3.8) is 0 Å². The second-order valence-corrected chi connectivity index (χ2v) is 12.6. The van der Waals surface area contributed by atoms with Crippen LogP contribution in [0, 0.1) is 0 Å². The summed E-state index contributed by atoms with van der Waals surface area (Å²) in [5, 5.41) is 3.91. The number of carbonyl (C=O) groups is 2. The fourth-order valence-corrected chi connectivity index (χ4v) is 5.62. The molecule has 40 heavy (non-hydrogen) atoms. The van der Waals surface area contributed by atoms with Gasteiger partial charge in [0.05, 0.1) is 11.9 Å². The Balaban J connectivity index is 2.04. The number of halogens is 3. The van der Waals surface area contributed by atoms with E-state index in [1.165, 1.54) is 23.1 Å². The van der Waals surface area contributed by atoms with Gasteiger partial charge in [-0.3, -0.25) is 13.9 Å². The number of hydrogen-bond acceptors (Lipinski definition) is 4. The van der Waals surface area contributed by atoms with Crippen molar-refractivity contribution >= 4 is 62.3 Å². The SMILES string of the molecule is CCCCNC(=O)[C@@H](Cc1ccccc1)N(Cc1ccc(Cl)cc1)C(=O)CN(c1cc(Cl)cc(Cl)c1)S(C)(=O)=O. The first-order valence-electron chi connectivity index (χ1n) is 12.8. The van der Waals surface area contributed by atoms with Crippen LogP contribution in [-0.2, 0) is 32.6 Å². The summed E-state index contributed by atoms with van der Waals surface area (Å²) in [7, 11) is -3.93. The van der Waals surface area contributed by atoms with Gasteiger partial charge in [-0.05, 0) is 47.9 Å². The zero-order chi connectivity index (χ0) is 29.3. The van der Waals surface area contributed by atoms with Gasteiger partial charge in [0.25, 0.3) is 0 Å². The van der Waals surface area contributed by atoms with Gasteiger partial charge < -0.3 is 10.2 Å². The highest BCUT2D eigenvalue weighted by Gasteiger charge is 2.33. The summed E-state index contributed by atoms with van der Waals surface area (Å²) >= 11 is 18.4. The Hall–Kier alpha value is -2.78. The molecule has 0 radical (unpaired) electrons. The van der Waals surface area contributed by atoms with E-state index in [-0.39, 0.29) is 34.6 Å². The van der Waals surface area contributed by atoms with Crippen molar-refractivity contribution in [3.8, 4) is 0 Å². The summed E-state index contributed by atoms with van der Waals surface area (Å²) in [5.41, 5.74) is 1.73. The van der Waals surface area contributed by atoms with E-state index in [1.54, 1.807) is 24.3 Å². The van der Waals surface area contributed by atoms with E-state index in [0.717, 1.165) is 34.5 Å². The number of benzene rings is 3. The van der Waals surface area contributed by atoms with Crippen molar-refractivity contribution < 1.29 is 18.0 Å². The fourth-order valence-electron chi connectivity index (χ4n) is 4.14. The lowest BCUT2D eigenvalue weighted by atomic mass is 10.0. The predicted molar refractivity (Wildman–Crippen MR) is 163 cm³/mol. The van der Waals surface area contributed by atoms with E-state index >= 15 is 0 Å². The van der Waals surface area contributed by atoms with Gasteiger partial charge in [0, 0.05) is 34.6 Å². The molecule has 0 aliphatic heterocycles. The Morgan fingerprint density at radius 2 is 1.50 bits per heavy atom. The van der Waals surface area contributed by atoms with Crippen LogP contribution in [0.1, 0.15) is 30.9 Å². The molecule has 0 aliphatic rings. The summed E-state index contributed by atoms with van der Waals surface area (Å²) in [5.74, 6) is -0.889. The molecule has 3 rings (SSSR count). The standard InChI is InChI=1S/C29H32Cl3N3O4S/c1-3-4-14-33-29(37)27(15-21-8-6-5-7-9-21)34(19-22-10-12-23(30)13-11-22)28(36)20-35(40(2,38)39)26-17-24(31)16-25(32)18-26/h5-13,16-18,27H,3-4,14-15,19-20H2,1-2H3,(H,33,37)/t27-/m1/s1. The van der Waals surface area contributed by atoms with E-state index in [1.807, 2.05) is 37.3 Å². The molecule has 3 aromatic carbocycles. The number of unbranched alkanes of at least 4 members (excludes halogenated alkanes) is 1. The first-order valence-corrected chi connectivity index (χ1v) is 15.8. The van der Waals surface area contributed by atoms with Gasteiger partial charge >= 0.3 is 0 Å². The topological polar surface area (TPSA) is 86.8 Å². The Bertz CT molecular complexity index is 1380. The van der Waals surface area contributed by atoms with Gasteiger partial charge in [0.15, 0.2) is 0 Å². The lowest BCUT2D eigenvalue weighted by Crippen LogP contribution is -2.53. The number of anilines is 1. The molecule has 3 aromatic rings. The smallest absolute Gasteiger partial charge is 0.244 e. The number of hydrogen-bond donors (Lipinski definition) is 1. The molecular formula is C29H32Cl3N3O4S. The quantitative estimate of drug-likeness (QED) is 0.238. The minimum absolute atomic E-state index is 0.0581. The van der Waals surface area contributed by atoms with E-state index in [2.05, 4.69) is 5.32 Å². The maximum absolute atomic E-state index is 14.0. The van der Waals surface area contributed by atoms with Crippen LogP contribution in [0.4, 0.5) is 5.69 Å². The van der Waals surface area contributed by atoms with Crippen molar-refractivity contribution in [1.29, 1.82) is 0 Å². The van der Waals surface area contributed by atoms with Crippen LogP contribution < -0.4 is 9.62 Å². The lowest BCUT2D eigenvalue weighted by molar-refractivity contribution is -0.140. The van der Waals surface area contributed by atoms with Crippen LogP contribution >= 0.6 is 34.8 Å². The minimum atomic E-state index is -3.93. The molecule has 0 fully saturated rings. The first-order chi connectivity index (χ1) is 19.0. The third-order valence-corrected chi connectivity index (χ3v) is 8.01. The van der Waals surface area contributed by atoms with E-state index in [0.29, 0.717) is 11.6 Å². The third kappa shape index (κ3) is 9.41. The lowest BCUT2D eigenvalue weighted by Gasteiger charge is -2.33. The zero-order valence-electron chi connectivity index (χ0n) is 22.3. The molecule has 214 valence electrons. The predicted octanol–water partition coefficient (Wildman–Crippen LogP) is 5.97. The van der Waals surface area contributed by atoms with Gasteiger partial charge in [-0.15, -0.1) is 0 Å². The summed E-state index contributed by atoms with van der Waals surface area (Å²) in [6.45, 7) is 1.98. The highest BCUT2D eigenvalue weighted by molar-refractivity contribution is 7.92. The Morgan fingerprint density at radius 3 is 2.08 bits per heavy atom. The van der Waals surface area contributed by atoms with Crippen molar-refractivity contribution in [2.75, 3.05) is 23.7 Å². The second kappa shape index (κ2) is 14.7. The van der Waals surface area contributed by atoms with Gasteiger partial charge in [-0.1, -0.05) is 90.6 Å². The largest absolute Gasteiger partial charge is 0.354 e. The molecule has 0 bridgehead atoms. The zero-order valence-corrected chi connectivity index (χ0v) is 25.4. The maximum Gasteiger partial charge on any atom is 0.244 e. The highest BCUT2D eigenvalue weighted by atomic mass is 35.5. The van der Waals surface area contributed by atoms with Gasteiger partial charge in [0.1, 0.15) is 12.6 Å². The average molecular weight is 625 g/mol. The van der Waals surface area contributed by atoms with E-state index in [9.17, 15) is 18.0 Å². The monoisotopic (exact) mass is 623 g/mol. The van der Waals surface area contributed by atoms with E-state index < -0.39 is 28.5 Å². The molecule has 11 heteroatoms. The van der Waals surface area contributed by atoms with Crippen LogP contribution in [0.5, 0.6) is 0 Å². The molecule has 0 saturated carbocycles. The van der Waals surface area contributed by atoms with Crippen molar-refractivity contribution in [2.45, 2.75) is 38.8 Å². The number of sulfonamides is 1. The van der Waals surface area contributed by atoms with Gasteiger partial charge in [0.2, 0.25) is 21.8 Å². The summed E-state index contributed by atoms with van der Waals surface area (Å²) in [6, 6.07) is 19.7. The van der Waals surface area contributed by atoms with Crippen LogP contribution in [-0.4, -0.2) is 50.5 Å². The van der Waals surface area contributed by atoms with Crippen LogP contribution in [0.25, 0.3) is 0 Å². The summed E-state index contributed by atoms with van der Waals surface area (Å²) in [6.07, 6.45) is 2.91. The second-order valence-electron chi connectivity index (χ2n) is 9.40. The van der Waals surface area contributed by atoms with E-state index in [4.69, 9.17) is 34.8 Å². The van der Waals surface area contributed by atoms with Gasteiger partial charge in [-0.2, -0.15) is 0 Å². The molecule has 7 nitrogen and oxygen atoms in total. The van der Waals surface area contributed by atoms with Crippen LogP contribution in [0.2, 0.25) is 15.1 Å². The number of nitrogens with zero attached hydrogens (tertiary/aromatic N) is 2. The highest BCUT2D eigenvalue weighted by Crippen LogP contribution is 2.27. The first kappa shape index (κ1) is 31.7. The van der Waals surface area contributed by atoms with Crippen LogP contribution in [0.3, 0.4) is 0 Å².